The maximum absolute atomic E-state index is 11.3. The monoisotopic (exact) mass is 258 g/mol. The summed E-state index contributed by atoms with van der Waals surface area (Å²) in [6, 6.07) is 6.00. The molecule has 17 heavy (non-hydrogen) atoms. The summed E-state index contributed by atoms with van der Waals surface area (Å²) < 4.78 is 9.60. The van der Waals surface area contributed by atoms with Gasteiger partial charge in [-0.05, 0) is 31.2 Å². The normalized spacial score (nSPS) is 11.6. The summed E-state index contributed by atoms with van der Waals surface area (Å²) in [5, 5.41) is 9.32. The molecule has 1 unspecified atom stereocenters. The van der Waals surface area contributed by atoms with Gasteiger partial charge in [-0.15, -0.1) is 0 Å². The molecule has 0 heterocycles. The number of carboxylic acid groups (broad SMARTS) is 1. The third kappa shape index (κ3) is 3.96. The Morgan fingerprint density at radius 3 is 2.41 bits per heavy atom. The highest BCUT2D eigenvalue weighted by atomic mass is 35.5. The second-order valence-corrected chi connectivity index (χ2v) is 3.48. The highest BCUT2D eigenvalue weighted by Gasteiger charge is 2.29. The first-order chi connectivity index (χ1) is 8.04. The van der Waals surface area contributed by atoms with E-state index in [1.807, 2.05) is 0 Å². The first-order valence-electron chi connectivity index (χ1n) is 4.86. The van der Waals surface area contributed by atoms with Crippen LogP contribution in [0.1, 0.15) is 6.92 Å². The molecule has 5 nitrogen and oxygen atoms in total. The van der Waals surface area contributed by atoms with Crippen molar-refractivity contribution in [1.29, 1.82) is 0 Å². The Morgan fingerprint density at radius 2 is 1.94 bits per heavy atom. The van der Waals surface area contributed by atoms with E-state index >= 15 is 0 Å². The maximum atomic E-state index is 11.3. The summed E-state index contributed by atoms with van der Waals surface area (Å²) in [7, 11) is 0. The van der Waals surface area contributed by atoms with E-state index in [0.29, 0.717) is 5.02 Å². The van der Waals surface area contributed by atoms with E-state index in [1.54, 1.807) is 6.92 Å². The molecule has 0 aromatic heterocycles. The molecular weight excluding hydrogens is 248 g/mol. The van der Waals surface area contributed by atoms with Crippen molar-refractivity contribution in [1.82, 2.24) is 0 Å². The lowest BCUT2D eigenvalue weighted by atomic mass is 10.3. The number of hydrogen-bond acceptors (Lipinski definition) is 4. The van der Waals surface area contributed by atoms with Gasteiger partial charge in [0.05, 0.1) is 6.61 Å². The van der Waals surface area contributed by atoms with Gasteiger partial charge in [-0.1, -0.05) is 11.6 Å². The van der Waals surface area contributed by atoms with Gasteiger partial charge >= 0.3 is 11.9 Å². The average molecular weight is 259 g/mol. The molecule has 0 saturated carbocycles. The van der Waals surface area contributed by atoms with Crippen molar-refractivity contribution < 1.29 is 24.2 Å². The van der Waals surface area contributed by atoms with Gasteiger partial charge in [0.15, 0.2) is 0 Å². The highest BCUT2D eigenvalue weighted by Crippen LogP contribution is 2.17. The molecule has 0 aliphatic rings. The lowest BCUT2D eigenvalue weighted by molar-refractivity contribution is -0.162. The van der Waals surface area contributed by atoms with Gasteiger partial charge in [0.1, 0.15) is 5.75 Å². The minimum Gasteiger partial charge on any atom is -0.478 e. The number of carbonyl (C=O) groups excluding carboxylic acids is 1. The molecule has 0 amide bonds. The van der Waals surface area contributed by atoms with Crippen LogP contribution in [0.2, 0.25) is 5.02 Å². The van der Waals surface area contributed by atoms with Crippen molar-refractivity contribution in [2.24, 2.45) is 0 Å². The fraction of sp³-hybridized carbons (Fsp3) is 0.273. The largest absolute Gasteiger partial charge is 0.478 e. The maximum Gasteiger partial charge on any atom is 0.359 e. The van der Waals surface area contributed by atoms with Crippen LogP contribution in [0, 0.1) is 0 Å². The molecule has 0 fully saturated rings. The van der Waals surface area contributed by atoms with Crippen molar-refractivity contribution in [3.05, 3.63) is 29.3 Å². The summed E-state index contributed by atoms with van der Waals surface area (Å²) in [6.45, 7) is 1.67. The van der Waals surface area contributed by atoms with Crippen LogP contribution in [0.25, 0.3) is 0 Å². The molecule has 0 aliphatic heterocycles. The van der Waals surface area contributed by atoms with Gasteiger partial charge in [-0.2, -0.15) is 0 Å². The molecule has 1 aromatic rings. The molecular formula is C11H11ClO5. The third-order valence-corrected chi connectivity index (χ3v) is 2.04. The first kappa shape index (κ1) is 13.3. The van der Waals surface area contributed by atoms with E-state index < -0.39 is 18.0 Å². The summed E-state index contributed by atoms with van der Waals surface area (Å²) in [5.74, 6) is -2.11. The number of carbonyl (C=O) groups is 2. The lowest BCUT2D eigenvalue weighted by Gasteiger charge is -2.13. The SMILES string of the molecule is CCOC(=O)C(Oc1ccc(Cl)cc1)C(=O)O. The molecule has 0 radical (unpaired) electrons. The van der Waals surface area contributed by atoms with Gasteiger partial charge in [0.25, 0.3) is 6.10 Å². The molecule has 6 heteroatoms. The van der Waals surface area contributed by atoms with E-state index in [0.717, 1.165) is 0 Å². The number of halogens is 1. The van der Waals surface area contributed by atoms with Crippen molar-refractivity contribution in [2.75, 3.05) is 6.61 Å². The van der Waals surface area contributed by atoms with Crippen LogP contribution in [0.15, 0.2) is 24.3 Å². The summed E-state index contributed by atoms with van der Waals surface area (Å²) >= 11 is 5.66. The van der Waals surface area contributed by atoms with E-state index in [1.165, 1.54) is 24.3 Å². The fourth-order valence-electron chi connectivity index (χ4n) is 1.07. The standard InChI is InChI=1S/C11H11ClO5/c1-2-16-11(15)9(10(13)14)17-8-5-3-7(12)4-6-8/h3-6,9H,2H2,1H3,(H,13,14). The molecule has 0 bridgehead atoms. The Morgan fingerprint density at radius 1 is 1.35 bits per heavy atom. The average Bonchev–Trinajstić information content (AvgIpc) is 2.28. The van der Waals surface area contributed by atoms with Crippen molar-refractivity contribution in [2.45, 2.75) is 13.0 Å². The Kier molecular flexibility index (Phi) is 4.78. The molecule has 0 spiro atoms. The predicted molar refractivity (Wildman–Crippen MR) is 60.1 cm³/mol. The Balaban J connectivity index is 2.76. The zero-order chi connectivity index (χ0) is 12.8. The zero-order valence-corrected chi connectivity index (χ0v) is 9.81. The second kappa shape index (κ2) is 6.10. The zero-order valence-electron chi connectivity index (χ0n) is 9.05. The number of carboxylic acids is 1. The van der Waals surface area contributed by atoms with Gasteiger partial charge in [-0.3, -0.25) is 0 Å². The molecule has 92 valence electrons. The summed E-state index contributed by atoms with van der Waals surface area (Å²) in [4.78, 5) is 22.1. The van der Waals surface area contributed by atoms with Crippen LogP contribution in [-0.2, 0) is 14.3 Å². The Hall–Kier alpha value is -1.75. The van der Waals surface area contributed by atoms with E-state index in [2.05, 4.69) is 4.74 Å². The Labute approximate surface area is 103 Å². The molecule has 0 saturated heterocycles. The first-order valence-corrected chi connectivity index (χ1v) is 5.24. The number of esters is 1. The predicted octanol–water partition coefficient (Wildman–Crippen LogP) is 1.74. The van der Waals surface area contributed by atoms with Crippen molar-refractivity contribution in [3.8, 4) is 5.75 Å². The molecule has 1 aromatic carbocycles. The third-order valence-electron chi connectivity index (χ3n) is 1.79. The van der Waals surface area contributed by atoms with E-state index in [4.69, 9.17) is 21.4 Å². The van der Waals surface area contributed by atoms with Gasteiger partial charge in [0, 0.05) is 5.02 Å². The smallest absolute Gasteiger partial charge is 0.359 e. The highest BCUT2D eigenvalue weighted by molar-refractivity contribution is 6.30. The second-order valence-electron chi connectivity index (χ2n) is 3.04. The number of ether oxygens (including phenoxy) is 2. The Bertz CT molecular complexity index is 401. The molecule has 0 aliphatic carbocycles. The minimum atomic E-state index is -1.67. The van der Waals surface area contributed by atoms with Crippen molar-refractivity contribution in [3.63, 3.8) is 0 Å². The van der Waals surface area contributed by atoms with E-state index in [-0.39, 0.29) is 12.4 Å². The molecule has 1 N–H and O–H groups in total. The van der Waals surface area contributed by atoms with Gasteiger partial charge in [-0.25, -0.2) is 9.59 Å². The number of benzene rings is 1. The van der Waals surface area contributed by atoms with Gasteiger partial charge in [0.2, 0.25) is 0 Å². The number of hydrogen-bond donors (Lipinski definition) is 1. The lowest BCUT2D eigenvalue weighted by Crippen LogP contribution is -2.37. The van der Waals surface area contributed by atoms with Crippen molar-refractivity contribution >= 4 is 23.5 Å². The van der Waals surface area contributed by atoms with Crippen LogP contribution < -0.4 is 4.74 Å². The fourth-order valence-corrected chi connectivity index (χ4v) is 1.19. The summed E-state index contributed by atoms with van der Waals surface area (Å²) in [6.07, 6.45) is -1.67. The van der Waals surface area contributed by atoms with Crippen LogP contribution in [0.4, 0.5) is 0 Å². The van der Waals surface area contributed by atoms with Crippen LogP contribution >= 0.6 is 11.6 Å². The molecule has 1 atom stereocenters. The minimum absolute atomic E-state index is 0.0899. The quantitative estimate of drug-likeness (QED) is 0.643. The van der Waals surface area contributed by atoms with Crippen LogP contribution in [0.5, 0.6) is 5.75 Å². The van der Waals surface area contributed by atoms with Crippen LogP contribution in [-0.4, -0.2) is 29.8 Å². The van der Waals surface area contributed by atoms with Crippen LogP contribution in [0.3, 0.4) is 0 Å². The van der Waals surface area contributed by atoms with Gasteiger partial charge < -0.3 is 14.6 Å². The summed E-state index contributed by atoms with van der Waals surface area (Å²) in [5.41, 5.74) is 0. The van der Waals surface area contributed by atoms with E-state index in [9.17, 15) is 9.59 Å². The number of rotatable bonds is 5. The topological polar surface area (TPSA) is 72.8 Å². The molecule has 1 rings (SSSR count). The number of aliphatic carboxylic acids is 1.